The van der Waals surface area contributed by atoms with Gasteiger partial charge in [-0.2, -0.15) is 5.10 Å². The molecule has 2 heteroatoms. The molecule has 0 unspecified atom stereocenters. The van der Waals surface area contributed by atoms with Crippen molar-refractivity contribution in [1.82, 2.24) is 9.78 Å². The summed E-state index contributed by atoms with van der Waals surface area (Å²) in [5, 5.41) is 4.23. The summed E-state index contributed by atoms with van der Waals surface area (Å²) in [6.45, 7) is 7.62. The van der Waals surface area contributed by atoms with Crippen LogP contribution in [0.1, 0.15) is 18.3 Å². The molecule has 0 atom stereocenters. The molecule has 0 radical (unpaired) electrons. The van der Waals surface area contributed by atoms with E-state index in [0.717, 1.165) is 11.4 Å². The molecule has 1 aromatic heterocycles. The molecule has 0 saturated heterocycles. The van der Waals surface area contributed by atoms with E-state index in [0.29, 0.717) is 0 Å². The van der Waals surface area contributed by atoms with Gasteiger partial charge >= 0.3 is 0 Å². The first-order chi connectivity index (χ1) is 5.27. The summed E-state index contributed by atoms with van der Waals surface area (Å²) in [5.74, 6) is 0. The number of aryl methyl sites for hydroxylation is 1. The maximum atomic E-state index is 4.23. The lowest BCUT2D eigenvalue weighted by Gasteiger charge is -1.93. The van der Waals surface area contributed by atoms with Crippen molar-refractivity contribution in [2.75, 3.05) is 0 Å². The van der Waals surface area contributed by atoms with E-state index in [4.69, 9.17) is 0 Å². The summed E-state index contributed by atoms with van der Waals surface area (Å²) >= 11 is 0. The molecule has 0 spiro atoms. The van der Waals surface area contributed by atoms with Crippen molar-refractivity contribution < 1.29 is 0 Å². The van der Waals surface area contributed by atoms with E-state index in [9.17, 15) is 0 Å². The summed E-state index contributed by atoms with van der Waals surface area (Å²) in [7, 11) is 0. The first-order valence-corrected chi connectivity index (χ1v) is 3.59. The molecule has 1 heterocycles. The molecule has 0 N–H and O–H groups in total. The van der Waals surface area contributed by atoms with Gasteiger partial charge in [-0.15, -0.1) is 0 Å². The van der Waals surface area contributed by atoms with Gasteiger partial charge in [0.25, 0.3) is 0 Å². The SMILES string of the molecule is C=Cc1cc(C)nn1/C=C\C. The smallest absolute Gasteiger partial charge is 0.0658 e. The van der Waals surface area contributed by atoms with Crippen LogP contribution in [0.3, 0.4) is 0 Å². The quantitative estimate of drug-likeness (QED) is 0.629. The predicted octanol–water partition coefficient (Wildman–Crippen LogP) is 2.33. The van der Waals surface area contributed by atoms with E-state index in [1.54, 1.807) is 6.08 Å². The van der Waals surface area contributed by atoms with Crippen LogP contribution in [0.4, 0.5) is 0 Å². The summed E-state index contributed by atoms with van der Waals surface area (Å²) < 4.78 is 1.81. The van der Waals surface area contributed by atoms with Crippen molar-refractivity contribution in [2.24, 2.45) is 0 Å². The summed E-state index contributed by atoms with van der Waals surface area (Å²) in [5.41, 5.74) is 2.04. The minimum absolute atomic E-state index is 1.01. The monoisotopic (exact) mass is 148 g/mol. The molecule has 0 aromatic carbocycles. The highest BCUT2D eigenvalue weighted by molar-refractivity contribution is 5.46. The van der Waals surface area contributed by atoms with Crippen molar-refractivity contribution in [3.8, 4) is 0 Å². The highest BCUT2D eigenvalue weighted by Crippen LogP contribution is 2.04. The molecule has 0 aliphatic heterocycles. The lowest BCUT2D eigenvalue weighted by atomic mass is 10.4. The number of hydrogen-bond acceptors (Lipinski definition) is 1. The second-order valence-corrected chi connectivity index (χ2v) is 2.34. The molecule has 0 amide bonds. The zero-order valence-electron chi connectivity index (χ0n) is 6.91. The van der Waals surface area contributed by atoms with Crippen molar-refractivity contribution in [1.29, 1.82) is 0 Å². The number of nitrogens with zero attached hydrogens (tertiary/aromatic N) is 2. The second-order valence-electron chi connectivity index (χ2n) is 2.34. The van der Waals surface area contributed by atoms with Gasteiger partial charge < -0.3 is 0 Å². The van der Waals surface area contributed by atoms with Crippen LogP contribution in [0.15, 0.2) is 18.7 Å². The zero-order chi connectivity index (χ0) is 8.27. The minimum Gasteiger partial charge on any atom is -0.241 e. The number of rotatable bonds is 2. The predicted molar refractivity (Wildman–Crippen MR) is 48.1 cm³/mol. The average Bonchev–Trinajstić information content (AvgIpc) is 2.32. The summed E-state index contributed by atoms with van der Waals surface area (Å²) in [6.07, 6.45) is 5.64. The Hall–Kier alpha value is -1.31. The minimum atomic E-state index is 1.01. The summed E-state index contributed by atoms with van der Waals surface area (Å²) in [6, 6.07) is 1.99. The molecule has 58 valence electrons. The van der Waals surface area contributed by atoms with Gasteiger partial charge in [0.1, 0.15) is 0 Å². The molecule has 11 heavy (non-hydrogen) atoms. The van der Waals surface area contributed by atoms with Gasteiger partial charge in [-0.05, 0) is 26.0 Å². The van der Waals surface area contributed by atoms with Crippen LogP contribution < -0.4 is 0 Å². The van der Waals surface area contributed by atoms with Gasteiger partial charge in [0.15, 0.2) is 0 Å². The van der Waals surface area contributed by atoms with Gasteiger partial charge in [-0.25, -0.2) is 4.68 Å². The number of hydrogen-bond donors (Lipinski definition) is 0. The van der Waals surface area contributed by atoms with E-state index in [1.165, 1.54) is 0 Å². The molecule has 1 rings (SSSR count). The van der Waals surface area contributed by atoms with E-state index >= 15 is 0 Å². The first kappa shape index (κ1) is 7.79. The Balaban J connectivity index is 3.11. The Morgan fingerprint density at radius 2 is 2.36 bits per heavy atom. The van der Waals surface area contributed by atoms with Gasteiger partial charge in [-0.1, -0.05) is 12.7 Å². The van der Waals surface area contributed by atoms with E-state index in [-0.39, 0.29) is 0 Å². The topological polar surface area (TPSA) is 17.8 Å². The van der Waals surface area contributed by atoms with Crippen LogP contribution in [0.25, 0.3) is 12.3 Å². The first-order valence-electron chi connectivity index (χ1n) is 3.59. The molecule has 2 nitrogen and oxygen atoms in total. The Morgan fingerprint density at radius 1 is 1.64 bits per heavy atom. The molecule has 0 bridgehead atoms. The third kappa shape index (κ3) is 1.58. The fraction of sp³-hybridized carbons (Fsp3) is 0.222. The third-order valence-electron chi connectivity index (χ3n) is 1.39. The Morgan fingerprint density at radius 3 is 2.91 bits per heavy atom. The van der Waals surface area contributed by atoms with Crippen LogP contribution in [0.2, 0.25) is 0 Å². The van der Waals surface area contributed by atoms with Gasteiger partial charge in [0.2, 0.25) is 0 Å². The normalized spacial score (nSPS) is 10.7. The maximum Gasteiger partial charge on any atom is 0.0658 e. The zero-order valence-corrected chi connectivity index (χ0v) is 6.91. The van der Waals surface area contributed by atoms with E-state index in [1.807, 2.05) is 36.9 Å². The Labute approximate surface area is 66.8 Å². The van der Waals surface area contributed by atoms with Crippen molar-refractivity contribution in [2.45, 2.75) is 13.8 Å². The van der Waals surface area contributed by atoms with Crippen molar-refractivity contribution >= 4 is 12.3 Å². The van der Waals surface area contributed by atoms with Gasteiger partial charge in [0.05, 0.1) is 11.4 Å². The van der Waals surface area contributed by atoms with Gasteiger partial charge in [0, 0.05) is 6.20 Å². The third-order valence-corrected chi connectivity index (χ3v) is 1.39. The average molecular weight is 148 g/mol. The van der Waals surface area contributed by atoms with Gasteiger partial charge in [-0.3, -0.25) is 0 Å². The molecule has 0 saturated carbocycles. The second kappa shape index (κ2) is 3.19. The fourth-order valence-corrected chi connectivity index (χ4v) is 0.950. The van der Waals surface area contributed by atoms with E-state index < -0.39 is 0 Å². The lowest BCUT2D eigenvalue weighted by Crippen LogP contribution is -1.90. The molecular formula is C9H12N2. The fourth-order valence-electron chi connectivity index (χ4n) is 0.950. The number of aromatic nitrogens is 2. The van der Waals surface area contributed by atoms with Crippen LogP contribution in [-0.4, -0.2) is 9.78 Å². The van der Waals surface area contributed by atoms with Crippen LogP contribution in [-0.2, 0) is 0 Å². The Bertz CT molecular complexity index is 282. The summed E-state index contributed by atoms with van der Waals surface area (Å²) in [4.78, 5) is 0. The molecule has 1 aromatic rings. The largest absolute Gasteiger partial charge is 0.241 e. The standard InChI is InChI=1S/C9H12N2/c1-4-6-11-9(5-2)7-8(3)10-11/h4-7H,2H2,1,3H3/b6-4-. The highest BCUT2D eigenvalue weighted by atomic mass is 15.3. The maximum absolute atomic E-state index is 4.23. The Kier molecular flexibility index (Phi) is 2.26. The molecule has 0 fully saturated rings. The molecular weight excluding hydrogens is 136 g/mol. The van der Waals surface area contributed by atoms with Crippen LogP contribution >= 0.6 is 0 Å². The van der Waals surface area contributed by atoms with Crippen molar-refractivity contribution in [3.05, 3.63) is 30.1 Å². The van der Waals surface area contributed by atoms with Crippen LogP contribution in [0, 0.1) is 6.92 Å². The highest BCUT2D eigenvalue weighted by Gasteiger charge is 1.96. The van der Waals surface area contributed by atoms with Crippen molar-refractivity contribution in [3.63, 3.8) is 0 Å². The molecule has 0 aliphatic carbocycles. The lowest BCUT2D eigenvalue weighted by molar-refractivity contribution is 0.902. The van der Waals surface area contributed by atoms with E-state index in [2.05, 4.69) is 11.7 Å². The molecule has 0 aliphatic rings. The number of allylic oxidation sites excluding steroid dienone is 1. The van der Waals surface area contributed by atoms with Crippen LogP contribution in [0.5, 0.6) is 0 Å².